The summed E-state index contributed by atoms with van der Waals surface area (Å²) in [6, 6.07) is 7.75. The van der Waals surface area contributed by atoms with E-state index in [1.54, 1.807) is 0 Å². The van der Waals surface area contributed by atoms with E-state index in [-0.39, 0.29) is 36.2 Å². The molecule has 0 saturated carbocycles. The maximum absolute atomic E-state index is 13.8. The van der Waals surface area contributed by atoms with E-state index in [4.69, 9.17) is 9.73 Å². The molecule has 0 radical (unpaired) electrons. The van der Waals surface area contributed by atoms with Crippen molar-refractivity contribution >= 4 is 34.7 Å². The number of allylic oxidation sites excluding steroid dienone is 1. The lowest BCUT2D eigenvalue weighted by Crippen LogP contribution is -2.43. The van der Waals surface area contributed by atoms with Crippen LogP contribution in [0.5, 0.6) is 0 Å². The number of amidine groups is 1. The van der Waals surface area contributed by atoms with Crippen LogP contribution in [0.1, 0.15) is 64.1 Å². The zero-order chi connectivity index (χ0) is 27.4. The number of benzene rings is 1. The first kappa shape index (κ1) is 28.0. The van der Waals surface area contributed by atoms with Gasteiger partial charge in [-0.15, -0.1) is 0 Å². The Kier molecular flexibility index (Phi) is 8.97. The number of amides is 2. The number of aryl methyl sites for hydroxylation is 1. The van der Waals surface area contributed by atoms with Crippen LogP contribution >= 0.6 is 11.8 Å². The summed E-state index contributed by atoms with van der Waals surface area (Å²) in [5.74, 6) is -0.315. The zero-order valence-electron chi connectivity index (χ0n) is 23.0. The first-order valence-electron chi connectivity index (χ1n) is 13.5. The maximum Gasteiger partial charge on any atom is 0.309 e. The van der Waals surface area contributed by atoms with Gasteiger partial charge in [0, 0.05) is 31.9 Å². The Bertz CT molecular complexity index is 1180. The van der Waals surface area contributed by atoms with E-state index in [1.807, 2.05) is 55.0 Å². The SMILES string of the molecule is CCOC(=O)C1CCN(C(=O)CC2=CSC3=NC(C)=C(C(=O)N(CC)CC)C(c4ccccc4C)N23)CC1. The molecule has 8 nitrogen and oxygen atoms in total. The number of hydrogen-bond acceptors (Lipinski definition) is 7. The number of carbonyl (C=O) groups is 3. The van der Waals surface area contributed by atoms with E-state index < -0.39 is 0 Å². The summed E-state index contributed by atoms with van der Waals surface area (Å²) in [4.78, 5) is 49.9. The maximum atomic E-state index is 13.8. The van der Waals surface area contributed by atoms with Crippen molar-refractivity contribution in [2.24, 2.45) is 10.9 Å². The van der Waals surface area contributed by atoms with Crippen molar-refractivity contribution in [1.82, 2.24) is 14.7 Å². The molecule has 204 valence electrons. The van der Waals surface area contributed by atoms with Gasteiger partial charge in [0.1, 0.15) is 0 Å². The van der Waals surface area contributed by atoms with E-state index in [1.165, 1.54) is 11.8 Å². The number of aliphatic imine (C=N–C) groups is 1. The van der Waals surface area contributed by atoms with Gasteiger partial charge in [-0.05, 0) is 64.0 Å². The molecule has 3 heterocycles. The first-order valence-corrected chi connectivity index (χ1v) is 14.4. The van der Waals surface area contributed by atoms with Crippen LogP contribution < -0.4 is 0 Å². The van der Waals surface area contributed by atoms with Gasteiger partial charge in [-0.3, -0.25) is 14.4 Å². The second-order valence-electron chi connectivity index (χ2n) is 9.81. The molecule has 1 fully saturated rings. The molecule has 0 aliphatic carbocycles. The van der Waals surface area contributed by atoms with Crippen molar-refractivity contribution in [3.05, 3.63) is 57.8 Å². The molecule has 9 heteroatoms. The van der Waals surface area contributed by atoms with Crippen molar-refractivity contribution in [2.45, 2.75) is 59.9 Å². The molecule has 1 aromatic carbocycles. The summed E-state index contributed by atoms with van der Waals surface area (Å²) >= 11 is 1.50. The van der Waals surface area contributed by atoms with Crippen LogP contribution in [0, 0.1) is 12.8 Å². The van der Waals surface area contributed by atoms with Crippen LogP contribution in [0.2, 0.25) is 0 Å². The van der Waals surface area contributed by atoms with Crippen LogP contribution in [0.4, 0.5) is 0 Å². The molecular weight excluding hydrogens is 500 g/mol. The van der Waals surface area contributed by atoms with Crippen LogP contribution in [-0.2, 0) is 19.1 Å². The number of nitrogens with zero attached hydrogens (tertiary/aromatic N) is 4. The van der Waals surface area contributed by atoms with Crippen molar-refractivity contribution in [2.75, 3.05) is 32.8 Å². The third-order valence-electron chi connectivity index (χ3n) is 7.56. The highest BCUT2D eigenvalue weighted by molar-refractivity contribution is 8.16. The van der Waals surface area contributed by atoms with Gasteiger partial charge in [-0.1, -0.05) is 36.0 Å². The molecule has 4 rings (SSSR count). The second-order valence-corrected chi connectivity index (χ2v) is 10.6. The molecule has 0 aromatic heterocycles. The Morgan fingerprint density at radius 1 is 1.08 bits per heavy atom. The molecule has 38 heavy (non-hydrogen) atoms. The van der Waals surface area contributed by atoms with Crippen LogP contribution in [0.25, 0.3) is 0 Å². The monoisotopic (exact) mass is 538 g/mol. The summed E-state index contributed by atoms with van der Waals surface area (Å²) in [5.41, 5.74) is 4.33. The number of carbonyl (C=O) groups excluding carboxylic acids is 3. The Balaban J connectivity index is 1.60. The third kappa shape index (κ3) is 5.53. The quantitative estimate of drug-likeness (QED) is 0.449. The van der Waals surface area contributed by atoms with Gasteiger partial charge in [0.05, 0.1) is 36.3 Å². The third-order valence-corrected chi connectivity index (χ3v) is 8.45. The van der Waals surface area contributed by atoms with Gasteiger partial charge in [0.2, 0.25) is 5.91 Å². The highest BCUT2D eigenvalue weighted by atomic mass is 32.2. The number of hydrogen-bond donors (Lipinski definition) is 0. The standard InChI is InChI=1S/C29H38N4O4S/c1-6-31(7-2)27(35)25-20(5)30-29-33(26(25)23-12-10-9-11-19(23)4)22(18-38-29)17-24(34)32-15-13-21(14-16-32)28(36)37-8-3/h9-12,18,21,26H,6-8,13-17H2,1-5H3. The van der Waals surface area contributed by atoms with Crippen molar-refractivity contribution in [3.8, 4) is 0 Å². The minimum absolute atomic E-state index is 0.0202. The number of thioether (sulfide) groups is 1. The Morgan fingerprint density at radius 3 is 2.39 bits per heavy atom. The lowest BCUT2D eigenvalue weighted by atomic mass is 9.90. The minimum atomic E-state index is -0.361. The summed E-state index contributed by atoms with van der Waals surface area (Å²) < 4.78 is 5.17. The fraction of sp³-hybridized carbons (Fsp3) is 0.517. The van der Waals surface area contributed by atoms with E-state index in [0.717, 1.165) is 27.7 Å². The molecule has 3 aliphatic rings. The molecule has 0 spiro atoms. The topological polar surface area (TPSA) is 82.5 Å². The summed E-state index contributed by atoms with van der Waals surface area (Å²) in [6.07, 6.45) is 1.44. The average Bonchev–Trinajstić information content (AvgIpc) is 3.30. The Labute approximate surface area is 229 Å². The van der Waals surface area contributed by atoms with Gasteiger partial charge in [-0.2, -0.15) is 0 Å². The fourth-order valence-electron chi connectivity index (χ4n) is 5.40. The first-order chi connectivity index (χ1) is 18.3. The zero-order valence-corrected chi connectivity index (χ0v) is 23.8. The van der Waals surface area contributed by atoms with Crippen LogP contribution in [0.3, 0.4) is 0 Å². The number of esters is 1. The van der Waals surface area contributed by atoms with Gasteiger partial charge < -0.3 is 19.4 Å². The number of piperidine rings is 1. The van der Waals surface area contributed by atoms with E-state index in [0.29, 0.717) is 51.2 Å². The molecule has 1 atom stereocenters. The van der Waals surface area contributed by atoms with Gasteiger partial charge in [-0.25, -0.2) is 4.99 Å². The van der Waals surface area contributed by atoms with Crippen LogP contribution in [0.15, 0.2) is 51.6 Å². The molecule has 0 N–H and O–H groups in total. The number of likely N-dealkylation sites (N-methyl/N-ethyl adjacent to an activating group) is 1. The Morgan fingerprint density at radius 2 is 1.76 bits per heavy atom. The lowest BCUT2D eigenvalue weighted by Gasteiger charge is -2.39. The van der Waals surface area contributed by atoms with Gasteiger partial charge >= 0.3 is 5.97 Å². The summed E-state index contributed by atoms with van der Waals surface area (Å²) in [7, 11) is 0. The Hall–Kier alpha value is -3.07. The second kappa shape index (κ2) is 12.2. The molecule has 2 amide bonds. The summed E-state index contributed by atoms with van der Waals surface area (Å²) in [5, 5.41) is 2.78. The van der Waals surface area contributed by atoms with Crippen molar-refractivity contribution in [3.63, 3.8) is 0 Å². The van der Waals surface area contributed by atoms with E-state index in [9.17, 15) is 14.4 Å². The predicted molar refractivity (Wildman–Crippen MR) is 150 cm³/mol. The highest BCUT2D eigenvalue weighted by Crippen LogP contribution is 2.45. The van der Waals surface area contributed by atoms with E-state index in [2.05, 4.69) is 24.0 Å². The fourth-order valence-corrected chi connectivity index (χ4v) is 6.37. The predicted octanol–water partition coefficient (Wildman–Crippen LogP) is 4.63. The molecule has 1 aromatic rings. The largest absolute Gasteiger partial charge is 0.466 e. The smallest absolute Gasteiger partial charge is 0.309 e. The van der Waals surface area contributed by atoms with Gasteiger partial charge in [0.15, 0.2) is 5.17 Å². The average molecular weight is 539 g/mol. The minimum Gasteiger partial charge on any atom is -0.466 e. The number of rotatable bonds is 8. The van der Waals surface area contributed by atoms with Crippen LogP contribution in [-0.4, -0.2) is 70.4 Å². The molecule has 1 saturated heterocycles. The molecule has 1 unspecified atom stereocenters. The van der Waals surface area contributed by atoms with Gasteiger partial charge in [0.25, 0.3) is 5.91 Å². The molecule has 3 aliphatic heterocycles. The summed E-state index contributed by atoms with van der Waals surface area (Å²) in [6.45, 7) is 12.4. The van der Waals surface area contributed by atoms with Crippen molar-refractivity contribution < 1.29 is 19.1 Å². The van der Waals surface area contributed by atoms with E-state index >= 15 is 0 Å². The highest BCUT2D eigenvalue weighted by Gasteiger charge is 2.42. The number of fused-ring (bicyclic) bond motifs is 1. The molecular formula is C29H38N4O4S. The normalized spacial score (nSPS) is 19.7. The number of ether oxygens (including phenoxy) is 1. The molecule has 0 bridgehead atoms. The lowest BCUT2D eigenvalue weighted by molar-refractivity contribution is -0.151. The van der Waals surface area contributed by atoms with Crippen molar-refractivity contribution in [1.29, 1.82) is 0 Å². The number of likely N-dealkylation sites (tertiary alicyclic amines) is 1.